The average Bonchev–Trinajstić information content (AvgIpc) is 3.52. The first kappa shape index (κ1) is 19.2. The molecule has 148 valence electrons. The van der Waals surface area contributed by atoms with Crippen LogP contribution in [0.3, 0.4) is 0 Å². The van der Waals surface area contributed by atoms with Crippen molar-refractivity contribution in [1.82, 2.24) is 10.3 Å². The van der Waals surface area contributed by atoms with Gasteiger partial charge in [-0.3, -0.25) is 9.78 Å². The number of aromatic nitrogens is 1. The summed E-state index contributed by atoms with van der Waals surface area (Å²) in [5.74, 6) is 0.554. The van der Waals surface area contributed by atoms with E-state index in [1.807, 2.05) is 37.3 Å². The van der Waals surface area contributed by atoms with Gasteiger partial charge in [-0.15, -0.1) is 0 Å². The zero-order chi connectivity index (χ0) is 20.4. The first-order chi connectivity index (χ1) is 14.1. The van der Waals surface area contributed by atoms with Gasteiger partial charge in [-0.2, -0.15) is 0 Å². The van der Waals surface area contributed by atoms with E-state index in [1.54, 1.807) is 12.3 Å². The van der Waals surface area contributed by atoms with Crippen LogP contribution in [0.1, 0.15) is 39.9 Å². The van der Waals surface area contributed by atoms with Crippen molar-refractivity contribution in [3.05, 3.63) is 77.5 Å². The largest absolute Gasteiger partial charge is 0.492 e. The van der Waals surface area contributed by atoms with Gasteiger partial charge in [0.25, 0.3) is 5.91 Å². The Kier molecular flexibility index (Phi) is 5.07. The summed E-state index contributed by atoms with van der Waals surface area (Å²) < 4.78 is 5.59. The standard InChI is InChI=1S/C24H25N3O2/c1-3-17-13-21(19-5-4-11-26-22(19)14-17)24(8-9-24)27-23(28)20-15-18(29-12-10-25)7-6-16(20)2/h3-7,11,13-15H,1,8-10,12,25H2,2H3,(H,27,28). The van der Waals surface area contributed by atoms with Gasteiger partial charge in [0.15, 0.2) is 0 Å². The molecule has 5 nitrogen and oxygen atoms in total. The van der Waals surface area contributed by atoms with E-state index in [2.05, 4.69) is 29.0 Å². The lowest BCUT2D eigenvalue weighted by Gasteiger charge is -2.21. The van der Waals surface area contributed by atoms with Crippen molar-refractivity contribution in [3.8, 4) is 5.75 Å². The molecule has 0 atom stereocenters. The predicted molar refractivity (Wildman–Crippen MR) is 116 cm³/mol. The highest BCUT2D eigenvalue weighted by Gasteiger charge is 2.47. The summed E-state index contributed by atoms with van der Waals surface area (Å²) in [7, 11) is 0. The summed E-state index contributed by atoms with van der Waals surface area (Å²) in [6.45, 7) is 6.67. The lowest BCUT2D eigenvalue weighted by Crippen LogP contribution is -2.35. The summed E-state index contributed by atoms with van der Waals surface area (Å²) in [5, 5.41) is 4.35. The van der Waals surface area contributed by atoms with Crippen LogP contribution in [0.15, 0.2) is 55.2 Å². The van der Waals surface area contributed by atoms with Crippen molar-refractivity contribution in [2.75, 3.05) is 13.2 Å². The Morgan fingerprint density at radius 2 is 2.14 bits per heavy atom. The Morgan fingerprint density at radius 3 is 2.86 bits per heavy atom. The maximum atomic E-state index is 13.2. The molecule has 1 aliphatic rings. The van der Waals surface area contributed by atoms with Gasteiger partial charge < -0.3 is 15.8 Å². The fourth-order valence-corrected chi connectivity index (χ4v) is 3.70. The van der Waals surface area contributed by atoms with Crippen molar-refractivity contribution < 1.29 is 9.53 Å². The van der Waals surface area contributed by atoms with Gasteiger partial charge in [-0.25, -0.2) is 0 Å². The minimum atomic E-state index is -0.377. The van der Waals surface area contributed by atoms with E-state index in [1.165, 1.54) is 0 Å². The molecule has 4 rings (SSSR count). The summed E-state index contributed by atoms with van der Waals surface area (Å²) >= 11 is 0. The minimum absolute atomic E-state index is 0.0979. The van der Waals surface area contributed by atoms with E-state index < -0.39 is 0 Å². The fraction of sp³-hybridized carbons (Fsp3) is 0.250. The molecule has 0 spiro atoms. The second kappa shape index (κ2) is 7.68. The Labute approximate surface area is 170 Å². The first-order valence-electron chi connectivity index (χ1n) is 9.84. The maximum absolute atomic E-state index is 13.2. The van der Waals surface area contributed by atoms with Crippen LogP contribution in [-0.2, 0) is 5.54 Å². The number of amides is 1. The molecule has 1 amide bonds. The van der Waals surface area contributed by atoms with E-state index in [0.717, 1.165) is 40.4 Å². The summed E-state index contributed by atoms with van der Waals surface area (Å²) in [5.41, 5.74) is 9.67. The van der Waals surface area contributed by atoms with Gasteiger partial charge in [0.2, 0.25) is 0 Å². The van der Waals surface area contributed by atoms with E-state index in [4.69, 9.17) is 10.5 Å². The lowest BCUT2D eigenvalue weighted by atomic mass is 9.95. The van der Waals surface area contributed by atoms with Crippen LogP contribution in [0, 0.1) is 6.92 Å². The zero-order valence-corrected chi connectivity index (χ0v) is 16.6. The van der Waals surface area contributed by atoms with Crippen LogP contribution in [0.25, 0.3) is 17.0 Å². The van der Waals surface area contributed by atoms with Gasteiger partial charge in [-0.1, -0.05) is 24.8 Å². The zero-order valence-electron chi connectivity index (χ0n) is 16.6. The van der Waals surface area contributed by atoms with Gasteiger partial charge >= 0.3 is 0 Å². The van der Waals surface area contributed by atoms with Crippen LogP contribution in [0.2, 0.25) is 0 Å². The van der Waals surface area contributed by atoms with Crippen LogP contribution in [0.4, 0.5) is 0 Å². The number of nitrogens with two attached hydrogens (primary N) is 1. The van der Waals surface area contributed by atoms with Crippen molar-refractivity contribution >= 4 is 22.9 Å². The lowest BCUT2D eigenvalue weighted by molar-refractivity contribution is 0.0930. The molecule has 1 aliphatic carbocycles. The van der Waals surface area contributed by atoms with Crippen molar-refractivity contribution in [2.45, 2.75) is 25.3 Å². The molecule has 2 aromatic carbocycles. The monoisotopic (exact) mass is 387 g/mol. The molecule has 29 heavy (non-hydrogen) atoms. The summed E-state index contributed by atoms with van der Waals surface area (Å²) in [4.78, 5) is 17.7. The van der Waals surface area contributed by atoms with Crippen LogP contribution in [0.5, 0.6) is 5.75 Å². The van der Waals surface area contributed by atoms with Gasteiger partial charge in [0.1, 0.15) is 12.4 Å². The van der Waals surface area contributed by atoms with E-state index in [-0.39, 0.29) is 11.4 Å². The second-order valence-corrected chi connectivity index (χ2v) is 7.49. The molecule has 1 fully saturated rings. The van der Waals surface area contributed by atoms with Crippen molar-refractivity contribution in [1.29, 1.82) is 0 Å². The predicted octanol–water partition coefficient (Wildman–Crippen LogP) is 3.94. The van der Waals surface area contributed by atoms with Crippen molar-refractivity contribution in [3.63, 3.8) is 0 Å². The number of nitrogens with zero attached hydrogens (tertiary/aromatic N) is 1. The molecule has 3 aromatic rings. The molecule has 5 heteroatoms. The molecule has 1 aromatic heterocycles. The number of aryl methyl sites for hydroxylation is 1. The SMILES string of the molecule is C=Cc1cc(C2(NC(=O)c3cc(OCCN)ccc3C)CC2)c2cccnc2c1. The molecule has 0 aliphatic heterocycles. The Bertz CT molecular complexity index is 1090. The number of hydrogen-bond donors (Lipinski definition) is 2. The summed E-state index contributed by atoms with van der Waals surface area (Å²) in [6.07, 6.45) is 5.39. The molecule has 0 radical (unpaired) electrons. The highest BCUT2D eigenvalue weighted by Crippen LogP contribution is 2.48. The number of nitrogens with one attached hydrogen (secondary N) is 1. The Hall–Kier alpha value is -3.18. The van der Waals surface area contributed by atoms with Gasteiger partial charge in [0, 0.05) is 23.7 Å². The average molecular weight is 387 g/mol. The van der Waals surface area contributed by atoms with E-state index >= 15 is 0 Å². The number of fused-ring (bicyclic) bond motifs is 1. The number of rotatable bonds is 7. The molecule has 0 unspecified atom stereocenters. The number of pyridine rings is 1. The highest BCUT2D eigenvalue weighted by atomic mass is 16.5. The third-order valence-electron chi connectivity index (χ3n) is 5.44. The van der Waals surface area contributed by atoms with E-state index in [0.29, 0.717) is 24.5 Å². The number of benzene rings is 2. The summed E-state index contributed by atoms with van der Waals surface area (Å²) in [6, 6.07) is 13.7. The van der Waals surface area contributed by atoms with Crippen molar-refractivity contribution in [2.24, 2.45) is 5.73 Å². The molecule has 3 N–H and O–H groups in total. The van der Waals surface area contributed by atoms with Gasteiger partial charge in [0.05, 0.1) is 11.1 Å². The second-order valence-electron chi connectivity index (χ2n) is 7.49. The topological polar surface area (TPSA) is 77.2 Å². The number of carbonyl (C=O) groups is 1. The molecule has 1 saturated carbocycles. The number of carbonyl (C=O) groups excluding carboxylic acids is 1. The molecular formula is C24H25N3O2. The highest BCUT2D eigenvalue weighted by molar-refractivity contribution is 5.97. The number of hydrogen-bond acceptors (Lipinski definition) is 4. The minimum Gasteiger partial charge on any atom is -0.492 e. The Morgan fingerprint density at radius 1 is 1.31 bits per heavy atom. The normalized spacial score (nSPS) is 14.4. The van der Waals surface area contributed by atoms with E-state index in [9.17, 15) is 4.79 Å². The third-order valence-corrected chi connectivity index (χ3v) is 5.44. The van der Waals surface area contributed by atoms with Crippen LogP contribution >= 0.6 is 0 Å². The number of ether oxygens (including phenoxy) is 1. The molecule has 0 bridgehead atoms. The smallest absolute Gasteiger partial charge is 0.252 e. The Balaban J connectivity index is 1.68. The third kappa shape index (κ3) is 3.74. The first-order valence-corrected chi connectivity index (χ1v) is 9.84. The quantitative estimate of drug-likeness (QED) is 0.644. The fourth-order valence-electron chi connectivity index (χ4n) is 3.70. The van der Waals surface area contributed by atoms with Crippen LogP contribution < -0.4 is 15.8 Å². The van der Waals surface area contributed by atoms with Gasteiger partial charge in [-0.05, 0) is 66.8 Å². The molecular weight excluding hydrogens is 362 g/mol. The molecule has 1 heterocycles. The maximum Gasteiger partial charge on any atom is 0.252 e. The molecule has 0 saturated heterocycles. The van der Waals surface area contributed by atoms with Crippen LogP contribution in [-0.4, -0.2) is 24.0 Å².